The first-order valence-electron chi connectivity index (χ1n) is 7.43. The molecule has 20 heavy (non-hydrogen) atoms. The molecule has 1 heterocycles. The molecule has 1 N–H and O–H groups in total. The Morgan fingerprint density at radius 2 is 1.95 bits per heavy atom. The summed E-state index contributed by atoms with van der Waals surface area (Å²) < 4.78 is 11.4. The van der Waals surface area contributed by atoms with Gasteiger partial charge in [-0.25, -0.2) is 0 Å². The molecule has 0 bridgehead atoms. The number of aliphatic hydroxyl groups is 1. The molecule has 0 radical (unpaired) electrons. The standard InChI is InChI=1S/C16H25NO3/c1-14-4-2-3-5-16(14)20-12-10-17-8-6-15(7-9-17)19-13-11-18/h2-5,15,18H,6-13H2,1H3. The number of aryl methyl sites for hydroxylation is 1. The van der Waals surface area contributed by atoms with Crippen LogP contribution in [0.5, 0.6) is 5.75 Å². The summed E-state index contributed by atoms with van der Waals surface area (Å²) in [4.78, 5) is 2.41. The third-order valence-corrected chi connectivity index (χ3v) is 3.74. The van der Waals surface area contributed by atoms with E-state index in [1.807, 2.05) is 18.2 Å². The van der Waals surface area contributed by atoms with Gasteiger partial charge in [-0.15, -0.1) is 0 Å². The Kier molecular flexibility index (Phi) is 6.30. The molecule has 1 aliphatic heterocycles. The van der Waals surface area contributed by atoms with E-state index >= 15 is 0 Å². The van der Waals surface area contributed by atoms with Crippen molar-refractivity contribution >= 4 is 0 Å². The summed E-state index contributed by atoms with van der Waals surface area (Å²) in [6.07, 6.45) is 2.41. The Hall–Kier alpha value is -1.10. The van der Waals surface area contributed by atoms with Crippen molar-refractivity contribution < 1.29 is 14.6 Å². The summed E-state index contributed by atoms with van der Waals surface area (Å²) in [6, 6.07) is 8.12. The maximum atomic E-state index is 8.74. The van der Waals surface area contributed by atoms with E-state index in [1.54, 1.807) is 0 Å². The lowest BCUT2D eigenvalue weighted by Crippen LogP contribution is -2.39. The number of rotatable bonds is 7. The van der Waals surface area contributed by atoms with Gasteiger partial charge in [0.25, 0.3) is 0 Å². The van der Waals surface area contributed by atoms with Gasteiger partial charge in [0.05, 0.1) is 19.3 Å². The molecule has 4 heteroatoms. The van der Waals surface area contributed by atoms with Gasteiger partial charge >= 0.3 is 0 Å². The Morgan fingerprint density at radius 3 is 2.65 bits per heavy atom. The number of piperidine rings is 1. The average Bonchev–Trinajstić information content (AvgIpc) is 2.48. The van der Waals surface area contributed by atoms with Crippen LogP contribution in [0.4, 0.5) is 0 Å². The molecule has 0 aliphatic carbocycles. The fourth-order valence-electron chi connectivity index (χ4n) is 2.52. The SMILES string of the molecule is Cc1ccccc1OCCN1CCC(OCCO)CC1. The minimum Gasteiger partial charge on any atom is -0.492 e. The quantitative estimate of drug-likeness (QED) is 0.827. The number of aliphatic hydroxyl groups excluding tert-OH is 1. The molecule has 0 amide bonds. The van der Waals surface area contributed by atoms with Crippen molar-refractivity contribution in [2.75, 3.05) is 39.5 Å². The molecule has 0 aromatic heterocycles. The molecule has 1 fully saturated rings. The first kappa shape index (κ1) is 15.3. The van der Waals surface area contributed by atoms with Gasteiger partial charge in [0, 0.05) is 19.6 Å². The summed E-state index contributed by atoms with van der Waals surface area (Å²) in [5.41, 5.74) is 1.18. The fourth-order valence-corrected chi connectivity index (χ4v) is 2.52. The highest BCUT2D eigenvalue weighted by atomic mass is 16.5. The van der Waals surface area contributed by atoms with Crippen molar-refractivity contribution in [3.05, 3.63) is 29.8 Å². The van der Waals surface area contributed by atoms with Crippen LogP contribution in [-0.4, -0.2) is 55.6 Å². The van der Waals surface area contributed by atoms with Gasteiger partial charge < -0.3 is 14.6 Å². The predicted octanol–water partition coefficient (Wildman–Crippen LogP) is 1.85. The minimum atomic E-state index is 0.116. The maximum absolute atomic E-state index is 8.74. The van der Waals surface area contributed by atoms with E-state index in [0.29, 0.717) is 12.7 Å². The summed E-state index contributed by atoms with van der Waals surface area (Å²) in [5, 5.41) is 8.74. The highest BCUT2D eigenvalue weighted by molar-refractivity contribution is 5.31. The van der Waals surface area contributed by atoms with Crippen LogP contribution in [0.1, 0.15) is 18.4 Å². The zero-order valence-corrected chi connectivity index (χ0v) is 12.3. The Morgan fingerprint density at radius 1 is 1.20 bits per heavy atom. The highest BCUT2D eigenvalue weighted by Gasteiger charge is 2.19. The monoisotopic (exact) mass is 279 g/mol. The number of hydrogen-bond donors (Lipinski definition) is 1. The van der Waals surface area contributed by atoms with Crippen molar-refractivity contribution in [3.8, 4) is 5.75 Å². The zero-order chi connectivity index (χ0) is 14.2. The van der Waals surface area contributed by atoms with Gasteiger partial charge in [0.2, 0.25) is 0 Å². The van der Waals surface area contributed by atoms with Crippen LogP contribution in [0.3, 0.4) is 0 Å². The van der Waals surface area contributed by atoms with Crippen LogP contribution in [0, 0.1) is 6.92 Å². The lowest BCUT2D eigenvalue weighted by molar-refractivity contribution is -0.00924. The number of ether oxygens (including phenoxy) is 2. The third kappa shape index (κ3) is 4.78. The molecular formula is C16H25NO3. The van der Waals surface area contributed by atoms with Crippen LogP contribution >= 0.6 is 0 Å². The Balaban J connectivity index is 1.63. The molecule has 1 aliphatic rings. The molecule has 0 spiro atoms. The summed E-state index contributed by atoms with van der Waals surface area (Å²) >= 11 is 0. The molecule has 2 rings (SSSR count). The number of para-hydroxylation sites is 1. The van der Waals surface area contributed by atoms with E-state index in [4.69, 9.17) is 14.6 Å². The largest absolute Gasteiger partial charge is 0.492 e. The minimum absolute atomic E-state index is 0.116. The molecular weight excluding hydrogens is 254 g/mol. The van der Waals surface area contributed by atoms with Gasteiger partial charge in [-0.2, -0.15) is 0 Å². The van der Waals surface area contributed by atoms with Crippen molar-refractivity contribution in [2.45, 2.75) is 25.9 Å². The smallest absolute Gasteiger partial charge is 0.122 e. The van der Waals surface area contributed by atoms with Crippen LogP contribution in [0.2, 0.25) is 0 Å². The van der Waals surface area contributed by atoms with Crippen molar-refractivity contribution in [2.24, 2.45) is 0 Å². The molecule has 4 nitrogen and oxygen atoms in total. The topological polar surface area (TPSA) is 41.9 Å². The highest BCUT2D eigenvalue weighted by Crippen LogP contribution is 2.17. The third-order valence-electron chi connectivity index (χ3n) is 3.74. The Labute approximate surface area is 121 Å². The predicted molar refractivity (Wildman–Crippen MR) is 79.2 cm³/mol. The average molecular weight is 279 g/mol. The van der Waals surface area contributed by atoms with E-state index < -0.39 is 0 Å². The lowest BCUT2D eigenvalue weighted by atomic mass is 10.1. The number of likely N-dealkylation sites (tertiary alicyclic amines) is 1. The van der Waals surface area contributed by atoms with Gasteiger partial charge in [-0.05, 0) is 31.4 Å². The van der Waals surface area contributed by atoms with E-state index in [2.05, 4.69) is 17.9 Å². The van der Waals surface area contributed by atoms with Crippen LogP contribution in [-0.2, 0) is 4.74 Å². The van der Waals surface area contributed by atoms with Gasteiger partial charge in [0.15, 0.2) is 0 Å². The molecule has 1 aromatic carbocycles. The first-order chi connectivity index (χ1) is 9.79. The second-order valence-corrected chi connectivity index (χ2v) is 5.25. The molecule has 0 saturated carbocycles. The van der Waals surface area contributed by atoms with E-state index in [1.165, 1.54) is 5.56 Å². The number of benzene rings is 1. The number of hydrogen-bond acceptors (Lipinski definition) is 4. The fraction of sp³-hybridized carbons (Fsp3) is 0.625. The van der Waals surface area contributed by atoms with Crippen molar-refractivity contribution in [3.63, 3.8) is 0 Å². The van der Waals surface area contributed by atoms with Gasteiger partial charge in [-0.3, -0.25) is 4.90 Å². The maximum Gasteiger partial charge on any atom is 0.122 e. The van der Waals surface area contributed by atoms with E-state index in [9.17, 15) is 0 Å². The van der Waals surface area contributed by atoms with E-state index in [-0.39, 0.29) is 6.61 Å². The van der Waals surface area contributed by atoms with Crippen LogP contribution < -0.4 is 4.74 Å². The summed E-state index contributed by atoms with van der Waals surface area (Å²) in [6.45, 7) is 6.43. The van der Waals surface area contributed by atoms with Crippen LogP contribution in [0.15, 0.2) is 24.3 Å². The Bertz CT molecular complexity index is 389. The first-order valence-corrected chi connectivity index (χ1v) is 7.43. The normalized spacial score (nSPS) is 17.3. The van der Waals surface area contributed by atoms with Crippen molar-refractivity contribution in [1.29, 1.82) is 0 Å². The van der Waals surface area contributed by atoms with Crippen molar-refractivity contribution in [1.82, 2.24) is 4.90 Å². The number of nitrogens with zero attached hydrogens (tertiary/aromatic N) is 1. The molecule has 112 valence electrons. The van der Waals surface area contributed by atoms with E-state index in [0.717, 1.165) is 44.8 Å². The summed E-state index contributed by atoms with van der Waals surface area (Å²) in [7, 11) is 0. The van der Waals surface area contributed by atoms with Crippen LogP contribution in [0.25, 0.3) is 0 Å². The van der Waals surface area contributed by atoms with Gasteiger partial charge in [0.1, 0.15) is 12.4 Å². The molecule has 1 aromatic rings. The zero-order valence-electron chi connectivity index (χ0n) is 12.3. The second-order valence-electron chi connectivity index (χ2n) is 5.25. The summed E-state index contributed by atoms with van der Waals surface area (Å²) in [5.74, 6) is 0.980. The molecule has 1 saturated heterocycles. The second kappa shape index (κ2) is 8.25. The lowest BCUT2D eigenvalue weighted by Gasteiger charge is -2.31. The molecule has 0 atom stereocenters. The van der Waals surface area contributed by atoms with Gasteiger partial charge in [-0.1, -0.05) is 18.2 Å². The molecule has 0 unspecified atom stereocenters.